The van der Waals surface area contributed by atoms with E-state index in [1.165, 1.54) is 0 Å². The van der Waals surface area contributed by atoms with E-state index >= 15 is 0 Å². The number of anilines is 1. The lowest BCUT2D eigenvalue weighted by Crippen LogP contribution is -2.40. The second kappa shape index (κ2) is 8.55. The zero-order valence-electron chi connectivity index (χ0n) is 12.3. The molecular formula is C15H23ClN2OS. The number of rotatable bonds is 8. The normalized spacial score (nSPS) is 11.4. The second-order valence-corrected chi connectivity index (χ2v) is 6.47. The zero-order valence-corrected chi connectivity index (χ0v) is 13.9. The molecule has 0 radical (unpaired) electrons. The Morgan fingerprint density at radius 3 is 2.60 bits per heavy atom. The summed E-state index contributed by atoms with van der Waals surface area (Å²) in [5.41, 5.74) is 0.728. The van der Waals surface area contributed by atoms with Crippen molar-refractivity contribution < 1.29 is 4.79 Å². The third kappa shape index (κ3) is 5.35. The summed E-state index contributed by atoms with van der Waals surface area (Å²) >= 11 is 7.74. The number of nitrogens with one attached hydrogen (secondary N) is 2. The number of carbonyl (C=O) groups is 1. The van der Waals surface area contributed by atoms with Crippen LogP contribution in [-0.2, 0) is 4.79 Å². The molecule has 0 saturated carbocycles. The maximum absolute atomic E-state index is 11.9. The molecule has 0 heterocycles. The van der Waals surface area contributed by atoms with E-state index in [-0.39, 0.29) is 10.7 Å². The van der Waals surface area contributed by atoms with Crippen LogP contribution in [0.15, 0.2) is 24.3 Å². The van der Waals surface area contributed by atoms with E-state index in [2.05, 4.69) is 30.7 Å². The van der Waals surface area contributed by atoms with Crippen LogP contribution >= 0.6 is 23.4 Å². The van der Waals surface area contributed by atoms with Crippen LogP contribution in [0.2, 0.25) is 5.02 Å². The van der Waals surface area contributed by atoms with Gasteiger partial charge in [0, 0.05) is 22.0 Å². The van der Waals surface area contributed by atoms with Gasteiger partial charge in [-0.2, -0.15) is 11.8 Å². The standard InChI is InChI=1S/C15H23ClN2OS/c1-4-15(5-2,20-3)11-17-10-14(19)18-13-8-6-7-12(16)9-13/h6-9,17H,4-5,10-11H2,1-3H3,(H,18,19). The van der Waals surface area contributed by atoms with Gasteiger partial charge >= 0.3 is 0 Å². The van der Waals surface area contributed by atoms with Crippen molar-refractivity contribution in [2.75, 3.05) is 24.7 Å². The van der Waals surface area contributed by atoms with Crippen molar-refractivity contribution in [3.8, 4) is 0 Å². The summed E-state index contributed by atoms with van der Waals surface area (Å²) in [6.07, 6.45) is 4.31. The first-order chi connectivity index (χ1) is 9.55. The van der Waals surface area contributed by atoms with Gasteiger partial charge in [0.05, 0.1) is 6.54 Å². The minimum Gasteiger partial charge on any atom is -0.325 e. The van der Waals surface area contributed by atoms with E-state index in [0.717, 1.165) is 25.1 Å². The number of benzene rings is 1. The number of hydrogen-bond acceptors (Lipinski definition) is 3. The van der Waals surface area contributed by atoms with E-state index in [1.807, 2.05) is 23.9 Å². The Bertz CT molecular complexity index is 427. The average Bonchev–Trinajstić information content (AvgIpc) is 2.44. The van der Waals surface area contributed by atoms with Gasteiger partial charge in [0.2, 0.25) is 5.91 Å². The Morgan fingerprint density at radius 2 is 2.05 bits per heavy atom. The maximum atomic E-state index is 11.9. The molecule has 0 aromatic heterocycles. The fraction of sp³-hybridized carbons (Fsp3) is 0.533. The van der Waals surface area contributed by atoms with Crippen LogP contribution in [-0.4, -0.2) is 30.0 Å². The molecule has 1 aromatic rings. The molecule has 20 heavy (non-hydrogen) atoms. The molecule has 0 aliphatic rings. The summed E-state index contributed by atoms with van der Waals surface area (Å²) in [4.78, 5) is 11.9. The second-order valence-electron chi connectivity index (χ2n) is 4.76. The maximum Gasteiger partial charge on any atom is 0.238 e. The van der Waals surface area contributed by atoms with Crippen LogP contribution in [0.1, 0.15) is 26.7 Å². The van der Waals surface area contributed by atoms with Crippen molar-refractivity contribution in [3.63, 3.8) is 0 Å². The fourth-order valence-corrected chi connectivity index (χ4v) is 3.05. The number of halogens is 1. The van der Waals surface area contributed by atoms with Gasteiger partial charge in [-0.3, -0.25) is 4.79 Å². The highest BCUT2D eigenvalue weighted by atomic mass is 35.5. The largest absolute Gasteiger partial charge is 0.325 e. The summed E-state index contributed by atoms with van der Waals surface area (Å²) in [7, 11) is 0. The Balaban J connectivity index is 2.40. The first kappa shape index (κ1) is 17.3. The molecule has 1 aromatic carbocycles. The Hall–Kier alpha value is -0.710. The van der Waals surface area contributed by atoms with Gasteiger partial charge in [0.1, 0.15) is 0 Å². The highest BCUT2D eigenvalue weighted by Crippen LogP contribution is 2.29. The van der Waals surface area contributed by atoms with E-state index in [1.54, 1.807) is 12.1 Å². The monoisotopic (exact) mass is 314 g/mol. The molecule has 0 atom stereocenters. The Kier molecular flexibility index (Phi) is 7.41. The van der Waals surface area contributed by atoms with Gasteiger partial charge in [0.25, 0.3) is 0 Å². The molecule has 0 aliphatic carbocycles. The van der Waals surface area contributed by atoms with Crippen molar-refractivity contribution in [1.29, 1.82) is 0 Å². The van der Waals surface area contributed by atoms with Crippen LogP contribution in [0.5, 0.6) is 0 Å². The van der Waals surface area contributed by atoms with Crippen LogP contribution in [0.25, 0.3) is 0 Å². The van der Waals surface area contributed by atoms with Crippen LogP contribution < -0.4 is 10.6 Å². The number of carbonyl (C=O) groups excluding carboxylic acids is 1. The SMILES string of the molecule is CCC(CC)(CNCC(=O)Nc1cccc(Cl)c1)SC. The Morgan fingerprint density at radius 1 is 1.35 bits per heavy atom. The quantitative estimate of drug-likeness (QED) is 0.767. The molecule has 1 amide bonds. The van der Waals surface area contributed by atoms with Gasteiger partial charge in [-0.15, -0.1) is 0 Å². The highest BCUT2D eigenvalue weighted by molar-refractivity contribution is 8.00. The smallest absolute Gasteiger partial charge is 0.238 e. The van der Waals surface area contributed by atoms with Crippen LogP contribution in [0, 0.1) is 0 Å². The molecule has 3 nitrogen and oxygen atoms in total. The van der Waals surface area contributed by atoms with Crippen molar-refractivity contribution in [1.82, 2.24) is 5.32 Å². The van der Waals surface area contributed by atoms with Gasteiger partial charge in [0.15, 0.2) is 0 Å². The molecule has 1 rings (SSSR count). The molecule has 2 N–H and O–H groups in total. The van der Waals surface area contributed by atoms with Crippen LogP contribution in [0.3, 0.4) is 0 Å². The summed E-state index contributed by atoms with van der Waals surface area (Å²) in [6, 6.07) is 7.17. The number of amides is 1. The number of thioether (sulfide) groups is 1. The summed E-state index contributed by atoms with van der Waals surface area (Å²) in [5.74, 6) is -0.0468. The van der Waals surface area contributed by atoms with Crippen molar-refractivity contribution >= 4 is 35.0 Å². The molecule has 0 spiro atoms. The molecule has 0 unspecified atom stereocenters. The summed E-state index contributed by atoms with van der Waals surface area (Å²) in [5, 5.41) is 6.70. The van der Waals surface area contributed by atoms with E-state index in [9.17, 15) is 4.79 Å². The molecule has 112 valence electrons. The van der Waals surface area contributed by atoms with Crippen molar-refractivity contribution in [3.05, 3.63) is 29.3 Å². The summed E-state index contributed by atoms with van der Waals surface area (Å²) < 4.78 is 0.219. The lowest BCUT2D eigenvalue weighted by molar-refractivity contribution is -0.115. The Labute approximate surface area is 130 Å². The van der Waals surface area contributed by atoms with Crippen LogP contribution in [0.4, 0.5) is 5.69 Å². The number of hydrogen-bond donors (Lipinski definition) is 2. The molecule has 0 bridgehead atoms. The van der Waals surface area contributed by atoms with Crippen molar-refractivity contribution in [2.45, 2.75) is 31.4 Å². The average molecular weight is 315 g/mol. The lowest BCUT2D eigenvalue weighted by atomic mass is 10.0. The molecular weight excluding hydrogens is 292 g/mol. The van der Waals surface area contributed by atoms with Gasteiger partial charge < -0.3 is 10.6 Å². The molecule has 5 heteroatoms. The topological polar surface area (TPSA) is 41.1 Å². The highest BCUT2D eigenvalue weighted by Gasteiger charge is 2.24. The molecule has 0 fully saturated rings. The fourth-order valence-electron chi connectivity index (χ4n) is 2.04. The zero-order chi connectivity index (χ0) is 15.0. The predicted octanol–water partition coefficient (Wildman–Crippen LogP) is 3.79. The van der Waals surface area contributed by atoms with Gasteiger partial charge in [-0.05, 0) is 37.3 Å². The minimum absolute atomic E-state index is 0.0468. The van der Waals surface area contributed by atoms with Gasteiger partial charge in [-0.1, -0.05) is 31.5 Å². The summed E-state index contributed by atoms with van der Waals surface area (Å²) in [6.45, 7) is 5.53. The van der Waals surface area contributed by atoms with E-state index < -0.39 is 0 Å². The van der Waals surface area contributed by atoms with E-state index in [4.69, 9.17) is 11.6 Å². The van der Waals surface area contributed by atoms with Gasteiger partial charge in [-0.25, -0.2) is 0 Å². The predicted molar refractivity (Wildman–Crippen MR) is 89.8 cm³/mol. The lowest BCUT2D eigenvalue weighted by Gasteiger charge is -2.29. The third-order valence-electron chi connectivity index (χ3n) is 3.56. The van der Waals surface area contributed by atoms with Crippen molar-refractivity contribution in [2.24, 2.45) is 0 Å². The molecule has 0 saturated heterocycles. The first-order valence-corrected chi connectivity index (χ1v) is 8.47. The minimum atomic E-state index is -0.0468. The van der Waals surface area contributed by atoms with E-state index in [0.29, 0.717) is 11.6 Å². The molecule has 0 aliphatic heterocycles. The first-order valence-electron chi connectivity index (χ1n) is 6.86. The third-order valence-corrected chi connectivity index (χ3v) is 5.39.